The quantitative estimate of drug-likeness (QED) is 0.626. The maximum absolute atomic E-state index is 5.66. The average molecular weight is 304 g/mol. The molecule has 2 heterocycles. The van der Waals surface area contributed by atoms with Crippen LogP contribution in [0.15, 0.2) is 27.8 Å². The summed E-state index contributed by atoms with van der Waals surface area (Å²) in [6.07, 6.45) is 5.56. The van der Waals surface area contributed by atoms with Crippen LogP contribution in [0.4, 0.5) is 0 Å². The maximum Gasteiger partial charge on any atom is 0.191 e. The van der Waals surface area contributed by atoms with Crippen molar-refractivity contribution in [1.29, 1.82) is 0 Å². The van der Waals surface area contributed by atoms with Gasteiger partial charge in [0.15, 0.2) is 5.96 Å². The van der Waals surface area contributed by atoms with Crippen LogP contribution in [0.25, 0.3) is 0 Å². The van der Waals surface area contributed by atoms with E-state index >= 15 is 0 Å². The number of guanidine groups is 1. The van der Waals surface area contributed by atoms with E-state index in [-0.39, 0.29) is 6.04 Å². The zero-order chi connectivity index (χ0) is 15.4. The number of aliphatic imine (C=N–C) groups is 1. The summed E-state index contributed by atoms with van der Waals surface area (Å²) in [7, 11) is 0. The second-order valence-electron chi connectivity index (χ2n) is 6.46. The Morgan fingerprint density at radius 2 is 2.23 bits per heavy atom. The van der Waals surface area contributed by atoms with Crippen LogP contribution >= 0.6 is 0 Å². The van der Waals surface area contributed by atoms with E-state index in [0.29, 0.717) is 6.04 Å². The lowest BCUT2D eigenvalue weighted by Crippen LogP contribution is -2.40. The largest absolute Gasteiger partial charge is 0.468 e. The molecular formula is C17H28N4O. The molecule has 1 aliphatic heterocycles. The van der Waals surface area contributed by atoms with Crippen LogP contribution in [-0.2, 0) is 0 Å². The van der Waals surface area contributed by atoms with E-state index in [1.807, 2.05) is 6.07 Å². The first-order chi connectivity index (χ1) is 10.8. The Morgan fingerprint density at radius 3 is 2.82 bits per heavy atom. The van der Waals surface area contributed by atoms with Crippen LogP contribution in [-0.4, -0.2) is 43.1 Å². The molecule has 1 saturated heterocycles. The highest BCUT2D eigenvalue weighted by molar-refractivity contribution is 5.80. The van der Waals surface area contributed by atoms with Crippen molar-refractivity contribution >= 4 is 5.96 Å². The molecule has 3 rings (SSSR count). The van der Waals surface area contributed by atoms with Crippen molar-refractivity contribution in [3.8, 4) is 0 Å². The molecule has 2 fully saturated rings. The molecule has 0 radical (unpaired) electrons. The fraction of sp³-hybridized carbons (Fsp3) is 0.706. The third kappa shape index (κ3) is 3.83. The third-order valence-electron chi connectivity index (χ3n) is 4.65. The lowest BCUT2D eigenvalue weighted by molar-refractivity contribution is 0.221. The van der Waals surface area contributed by atoms with Gasteiger partial charge in [-0.15, -0.1) is 0 Å². The molecule has 0 aromatic carbocycles. The predicted molar refractivity (Wildman–Crippen MR) is 88.9 cm³/mol. The summed E-state index contributed by atoms with van der Waals surface area (Å²) in [5, 5.41) is 6.88. The van der Waals surface area contributed by atoms with Gasteiger partial charge in [0.2, 0.25) is 0 Å². The Bertz CT molecular complexity index is 479. The summed E-state index contributed by atoms with van der Waals surface area (Å²) in [6.45, 7) is 8.30. The van der Waals surface area contributed by atoms with E-state index in [1.54, 1.807) is 6.26 Å². The molecule has 0 spiro atoms. The predicted octanol–water partition coefficient (Wildman–Crippen LogP) is 2.38. The molecular weight excluding hydrogens is 276 g/mol. The van der Waals surface area contributed by atoms with Gasteiger partial charge < -0.3 is 15.1 Å². The van der Waals surface area contributed by atoms with Crippen molar-refractivity contribution in [2.75, 3.05) is 26.2 Å². The normalized spacial score (nSPS) is 26.9. The number of nitrogens with one attached hydrogen (secondary N) is 2. The monoisotopic (exact) mass is 304 g/mol. The number of hydrogen-bond donors (Lipinski definition) is 2. The molecule has 3 unspecified atom stereocenters. The summed E-state index contributed by atoms with van der Waals surface area (Å²) in [4.78, 5) is 7.31. The lowest BCUT2D eigenvalue weighted by atomic mass is 10.2. The van der Waals surface area contributed by atoms with Gasteiger partial charge in [-0.1, -0.05) is 6.92 Å². The Hall–Kier alpha value is -1.49. The van der Waals surface area contributed by atoms with Crippen molar-refractivity contribution in [3.05, 3.63) is 24.2 Å². The van der Waals surface area contributed by atoms with Gasteiger partial charge in [-0.3, -0.25) is 9.89 Å². The zero-order valence-corrected chi connectivity index (χ0v) is 13.7. The van der Waals surface area contributed by atoms with E-state index in [4.69, 9.17) is 9.41 Å². The van der Waals surface area contributed by atoms with E-state index < -0.39 is 0 Å². The molecule has 1 aliphatic carbocycles. The van der Waals surface area contributed by atoms with E-state index in [9.17, 15) is 0 Å². The van der Waals surface area contributed by atoms with Crippen molar-refractivity contribution < 1.29 is 4.42 Å². The SMILES string of the molecule is CCNC(=NCC(c1ccco1)N1CCCC1)NC1CC1C. The first-order valence-corrected chi connectivity index (χ1v) is 8.60. The fourth-order valence-electron chi connectivity index (χ4n) is 3.12. The number of likely N-dealkylation sites (tertiary alicyclic amines) is 1. The third-order valence-corrected chi connectivity index (χ3v) is 4.65. The minimum absolute atomic E-state index is 0.254. The second-order valence-corrected chi connectivity index (χ2v) is 6.46. The average Bonchev–Trinajstić information content (AvgIpc) is 2.99. The molecule has 122 valence electrons. The highest BCUT2D eigenvalue weighted by atomic mass is 16.3. The first kappa shape index (κ1) is 15.4. The summed E-state index contributed by atoms with van der Waals surface area (Å²) in [5.74, 6) is 2.73. The van der Waals surface area contributed by atoms with Gasteiger partial charge in [0, 0.05) is 12.6 Å². The number of nitrogens with zero attached hydrogens (tertiary/aromatic N) is 2. The highest BCUT2D eigenvalue weighted by Crippen LogP contribution is 2.29. The van der Waals surface area contributed by atoms with Gasteiger partial charge in [-0.05, 0) is 57.3 Å². The van der Waals surface area contributed by atoms with Crippen LogP contribution in [0.3, 0.4) is 0 Å². The Kier molecular flexibility index (Phi) is 5.03. The molecule has 2 N–H and O–H groups in total. The van der Waals surface area contributed by atoms with Gasteiger partial charge in [-0.25, -0.2) is 0 Å². The van der Waals surface area contributed by atoms with Crippen molar-refractivity contribution in [2.24, 2.45) is 10.9 Å². The molecule has 5 heteroatoms. The van der Waals surface area contributed by atoms with Gasteiger partial charge in [0.05, 0.1) is 18.8 Å². The van der Waals surface area contributed by atoms with Crippen LogP contribution in [0.2, 0.25) is 0 Å². The summed E-state index contributed by atoms with van der Waals surface area (Å²) < 4.78 is 5.66. The van der Waals surface area contributed by atoms with Gasteiger partial charge in [0.1, 0.15) is 5.76 Å². The van der Waals surface area contributed by atoms with Gasteiger partial charge in [-0.2, -0.15) is 0 Å². The first-order valence-electron chi connectivity index (χ1n) is 8.60. The molecule has 1 saturated carbocycles. The maximum atomic E-state index is 5.66. The van der Waals surface area contributed by atoms with Gasteiger partial charge >= 0.3 is 0 Å². The molecule has 2 aliphatic rings. The van der Waals surface area contributed by atoms with E-state index in [1.165, 1.54) is 19.3 Å². The Balaban J connectivity index is 1.66. The highest BCUT2D eigenvalue weighted by Gasteiger charge is 2.33. The van der Waals surface area contributed by atoms with E-state index in [0.717, 1.165) is 43.8 Å². The zero-order valence-electron chi connectivity index (χ0n) is 13.7. The summed E-state index contributed by atoms with van der Waals surface area (Å²) in [6, 6.07) is 4.88. The topological polar surface area (TPSA) is 52.8 Å². The lowest BCUT2D eigenvalue weighted by Gasteiger charge is -2.24. The summed E-state index contributed by atoms with van der Waals surface area (Å²) in [5.41, 5.74) is 0. The van der Waals surface area contributed by atoms with Crippen LogP contribution in [0.1, 0.15) is 44.9 Å². The number of furan rings is 1. The Labute approximate surface area is 133 Å². The van der Waals surface area contributed by atoms with Crippen molar-refractivity contribution in [2.45, 2.75) is 45.2 Å². The van der Waals surface area contributed by atoms with Crippen LogP contribution in [0, 0.1) is 5.92 Å². The molecule has 3 atom stereocenters. The van der Waals surface area contributed by atoms with Crippen LogP contribution < -0.4 is 10.6 Å². The molecule has 22 heavy (non-hydrogen) atoms. The Morgan fingerprint density at radius 1 is 1.45 bits per heavy atom. The van der Waals surface area contributed by atoms with E-state index in [2.05, 4.69) is 35.4 Å². The van der Waals surface area contributed by atoms with Crippen LogP contribution in [0.5, 0.6) is 0 Å². The molecule has 5 nitrogen and oxygen atoms in total. The summed E-state index contributed by atoms with van der Waals surface area (Å²) >= 11 is 0. The van der Waals surface area contributed by atoms with Crippen molar-refractivity contribution in [3.63, 3.8) is 0 Å². The standard InChI is InChI=1S/C17H28N4O/c1-3-18-17(20-14-11-13(14)2)19-12-15(16-7-6-10-22-16)21-8-4-5-9-21/h6-7,10,13-15H,3-5,8-9,11-12H2,1-2H3,(H2,18,19,20). The number of hydrogen-bond acceptors (Lipinski definition) is 3. The van der Waals surface area contributed by atoms with Gasteiger partial charge in [0.25, 0.3) is 0 Å². The van der Waals surface area contributed by atoms with Crippen molar-refractivity contribution in [1.82, 2.24) is 15.5 Å². The second kappa shape index (κ2) is 7.18. The minimum atomic E-state index is 0.254. The molecule has 0 bridgehead atoms. The number of rotatable bonds is 6. The molecule has 1 aromatic heterocycles. The minimum Gasteiger partial charge on any atom is -0.468 e. The smallest absolute Gasteiger partial charge is 0.191 e. The molecule has 0 amide bonds. The molecule has 1 aromatic rings. The fourth-order valence-corrected chi connectivity index (χ4v) is 3.12.